The second-order valence-corrected chi connectivity index (χ2v) is 4.36. The summed E-state index contributed by atoms with van der Waals surface area (Å²) in [5.74, 6) is 2.49. The summed E-state index contributed by atoms with van der Waals surface area (Å²) in [6.45, 7) is 2.01. The fourth-order valence-electron chi connectivity index (χ4n) is 2.00. The molecule has 1 unspecified atom stereocenters. The van der Waals surface area contributed by atoms with E-state index in [4.69, 9.17) is 6.42 Å². The summed E-state index contributed by atoms with van der Waals surface area (Å²) in [6.07, 6.45) is 8.32. The number of aromatic nitrogens is 1. The summed E-state index contributed by atoms with van der Waals surface area (Å²) in [5, 5.41) is 3.83. The lowest BCUT2D eigenvalue weighted by atomic mass is 10.1. The lowest BCUT2D eigenvalue weighted by Crippen LogP contribution is -2.34. The van der Waals surface area contributed by atoms with Crippen molar-refractivity contribution in [3.05, 3.63) is 42.1 Å². The van der Waals surface area contributed by atoms with E-state index in [9.17, 15) is 4.79 Å². The molecule has 0 radical (unpaired) electrons. The molecule has 0 aliphatic rings. The Labute approximate surface area is 113 Å². The summed E-state index contributed by atoms with van der Waals surface area (Å²) in [4.78, 5) is 16.5. The summed E-state index contributed by atoms with van der Waals surface area (Å²) in [6, 6.07) is 9.36. The molecule has 1 amide bonds. The van der Waals surface area contributed by atoms with Crippen LogP contribution in [0.2, 0.25) is 0 Å². The van der Waals surface area contributed by atoms with Crippen molar-refractivity contribution in [2.24, 2.45) is 0 Å². The van der Waals surface area contributed by atoms with Gasteiger partial charge in [0, 0.05) is 24.0 Å². The lowest BCUT2D eigenvalue weighted by Gasteiger charge is -2.15. The first-order valence-corrected chi connectivity index (χ1v) is 6.34. The molecule has 3 nitrogen and oxygen atoms in total. The van der Waals surface area contributed by atoms with Crippen molar-refractivity contribution in [1.29, 1.82) is 0 Å². The van der Waals surface area contributed by atoms with Crippen LogP contribution in [-0.2, 0) is 0 Å². The van der Waals surface area contributed by atoms with Gasteiger partial charge in [-0.25, -0.2) is 0 Å². The third kappa shape index (κ3) is 2.92. The predicted molar refractivity (Wildman–Crippen MR) is 76.7 cm³/mol. The molecule has 1 N–H and O–H groups in total. The number of carbonyl (C=O) groups is 1. The number of amides is 1. The number of fused-ring (bicyclic) bond motifs is 1. The van der Waals surface area contributed by atoms with Gasteiger partial charge in [-0.05, 0) is 18.6 Å². The second-order valence-electron chi connectivity index (χ2n) is 4.36. The molecule has 2 aromatic rings. The normalized spacial score (nSPS) is 11.8. The highest BCUT2D eigenvalue weighted by Crippen LogP contribution is 2.16. The van der Waals surface area contributed by atoms with Gasteiger partial charge < -0.3 is 5.32 Å². The standard InChI is InChI=1S/C16H16N2O/c1-3-7-12(4-2)18-16(19)14-10-11-17-15-9-6-5-8-13(14)15/h1,5-6,8-12H,4,7H2,2H3,(H,18,19). The van der Waals surface area contributed by atoms with Crippen LogP contribution in [0.25, 0.3) is 10.9 Å². The van der Waals surface area contributed by atoms with Crippen molar-refractivity contribution >= 4 is 16.8 Å². The highest BCUT2D eigenvalue weighted by atomic mass is 16.1. The largest absolute Gasteiger partial charge is 0.348 e. The minimum absolute atomic E-state index is 0.0180. The zero-order valence-corrected chi connectivity index (χ0v) is 10.9. The van der Waals surface area contributed by atoms with E-state index < -0.39 is 0 Å². The summed E-state index contributed by atoms with van der Waals surface area (Å²) in [5.41, 5.74) is 1.46. The van der Waals surface area contributed by atoms with Gasteiger partial charge in [0.2, 0.25) is 0 Å². The number of terminal acetylenes is 1. The molecular formula is C16H16N2O. The Hall–Kier alpha value is -2.34. The Kier molecular flexibility index (Phi) is 4.15. The average Bonchev–Trinajstić information content (AvgIpc) is 2.46. The SMILES string of the molecule is C#CCC(CC)NC(=O)c1ccnc2ccccc12. The topological polar surface area (TPSA) is 42.0 Å². The fraction of sp³-hybridized carbons (Fsp3) is 0.250. The average molecular weight is 252 g/mol. The van der Waals surface area contributed by atoms with Gasteiger partial charge in [0.05, 0.1) is 11.1 Å². The van der Waals surface area contributed by atoms with Crippen LogP contribution >= 0.6 is 0 Å². The van der Waals surface area contributed by atoms with Gasteiger partial charge in [0.15, 0.2) is 0 Å². The number of carbonyl (C=O) groups excluding carboxylic acids is 1. The van der Waals surface area contributed by atoms with Crippen LogP contribution in [-0.4, -0.2) is 16.9 Å². The van der Waals surface area contributed by atoms with Gasteiger partial charge >= 0.3 is 0 Å². The van der Waals surface area contributed by atoms with Gasteiger partial charge in [-0.15, -0.1) is 12.3 Å². The smallest absolute Gasteiger partial charge is 0.252 e. The molecule has 1 aromatic carbocycles. The Morgan fingerprint density at radius 1 is 1.42 bits per heavy atom. The van der Waals surface area contributed by atoms with Gasteiger partial charge in [-0.3, -0.25) is 9.78 Å². The van der Waals surface area contributed by atoms with E-state index in [-0.39, 0.29) is 11.9 Å². The first kappa shape index (κ1) is 13.1. The third-order valence-corrected chi connectivity index (χ3v) is 3.09. The monoisotopic (exact) mass is 252 g/mol. The van der Waals surface area contributed by atoms with Crippen molar-refractivity contribution in [3.63, 3.8) is 0 Å². The number of pyridine rings is 1. The van der Waals surface area contributed by atoms with Crippen molar-refractivity contribution < 1.29 is 4.79 Å². The van der Waals surface area contributed by atoms with Crippen LogP contribution < -0.4 is 5.32 Å². The summed E-state index contributed by atoms with van der Waals surface area (Å²) in [7, 11) is 0. The van der Waals surface area contributed by atoms with Crippen LogP contribution in [0.5, 0.6) is 0 Å². The number of hydrogen-bond donors (Lipinski definition) is 1. The van der Waals surface area contributed by atoms with Gasteiger partial charge in [0.25, 0.3) is 5.91 Å². The molecule has 96 valence electrons. The van der Waals surface area contributed by atoms with Gasteiger partial charge in [0.1, 0.15) is 0 Å². The van der Waals surface area contributed by atoms with Gasteiger partial charge in [-0.2, -0.15) is 0 Å². The highest BCUT2D eigenvalue weighted by molar-refractivity contribution is 6.06. The molecule has 1 atom stereocenters. The number of nitrogens with zero attached hydrogens (tertiary/aromatic N) is 1. The zero-order valence-electron chi connectivity index (χ0n) is 10.9. The Morgan fingerprint density at radius 3 is 2.95 bits per heavy atom. The number of nitrogens with one attached hydrogen (secondary N) is 1. The van der Waals surface area contributed by atoms with E-state index >= 15 is 0 Å². The number of hydrogen-bond acceptors (Lipinski definition) is 2. The second kappa shape index (κ2) is 6.01. The summed E-state index contributed by atoms with van der Waals surface area (Å²) >= 11 is 0. The van der Waals surface area contributed by atoms with Crippen LogP contribution in [0, 0.1) is 12.3 Å². The quantitative estimate of drug-likeness (QED) is 0.850. The molecule has 19 heavy (non-hydrogen) atoms. The van der Waals surface area contributed by atoms with E-state index in [1.54, 1.807) is 12.3 Å². The van der Waals surface area contributed by atoms with Crippen molar-refractivity contribution in [2.75, 3.05) is 0 Å². The summed E-state index contributed by atoms with van der Waals surface area (Å²) < 4.78 is 0. The molecule has 3 heteroatoms. The molecule has 0 spiro atoms. The molecule has 0 bridgehead atoms. The molecule has 0 saturated carbocycles. The molecule has 1 aromatic heterocycles. The van der Waals surface area contributed by atoms with E-state index in [2.05, 4.69) is 16.2 Å². The van der Waals surface area contributed by atoms with E-state index in [0.29, 0.717) is 12.0 Å². The van der Waals surface area contributed by atoms with Crippen LogP contribution in [0.1, 0.15) is 30.1 Å². The lowest BCUT2D eigenvalue weighted by molar-refractivity contribution is 0.0938. The van der Waals surface area contributed by atoms with E-state index in [1.165, 1.54) is 0 Å². The molecule has 0 aliphatic carbocycles. The maximum absolute atomic E-state index is 12.3. The molecule has 1 heterocycles. The fourth-order valence-corrected chi connectivity index (χ4v) is 2.00. The highest BCUT2D eigenvalue weighted by Gasteiger charge is 2.13. The molecular weight excluding hydrogens is 236 g/mol. The molecule has 0 fully saturated rings. The van der Waals surface area contributed by atoms with Crippen molar-refractivity contribution in [1.82, 2.24) is 10.3 Å². The van der Waals surface area contributed by atoms with E-state index in [0.717, 1.165) is 17.3 Å². The third-order valence-electron chi connectivity index (χ3n) is 3.09. The van der Waals surface area contributed by atoms with Crippen LogP contribution in [0.4, 0.5) is 0 Å². The zero-order chi connectivity index (χ0) is 13.7. The predicted octanol–water partition coefficient (Wildman–Crippen LogP) is 2.77. The maximum Gasteiger partial charge on any atom is 0.252 e. The maximum atomic E-state index is 12.3. The number of rotatable bonds is 4. The van der Waals surface area contributed by atoms with Crippen LogP contribution in [0.15, 0.2) is 36.5 Å². The van der Waals surface area contributed by atoms with Gasteiger partial charge in [-0.1, -0.05) is 25.1 Å². The minimum atomic E-state index is -0.0966. The Morgan fingerprint density at radius 2 is 2.21 bits per heavy atom. The first-order valence-electron chi connectivity index (χ1n) is 6.34. The Balaban J connectivity index is 2.29. The van der Waals surface area contributed by atoms with Crippen LogP contribution in [0.3, 0.4) is 0 Å². The van der Waals surface area contributed by atoms with E-state index in [1.807, 2.05) is 31.2 Å². The van der Waals surface area contributed by atoms with Crippen molar-refractivity contribution in [2.45, 2.75) is 25.8 Å². The number of para-hydroxylation sites is 1. The minimum Gasteiger partial charge on any atom is -0.348 e. The molecule has 0 aliphatic heterocycles. The van der Waals surface area contributed by atoms with Crippen molar-refractivity contribution in [3.8, 4) is 12.3 Å². The molecule has 0 saturated heterocycles. The Bertz CT molecular complexity index is 623. The number of benzene rings is 1. The first-order chi connectivity index (χ1) is 9.26. The molecule has 2 rings (SSSR count).